The number of thiophene rings is 1. The lowest BCUT2D eigenvalue weighted by atomic mass is 10.0. The van der Waals surface area contributed by atoms with Crippen molar-refractivity contribution in [1.29, 1.82) is 0 Å². The maximum Gasteiger partial charge on any atom is 0.261 e. The van der Waals surface area contributed by atoms with Gasteiger partial charge in [-0.3, -0.25) is 9.59 Å². The van der Waals surface area contributed by atoms with Crippen LogP contribution in [0.5, 0.6) is 0 Å². The van der Waals surface area contributed by atoms with Crippen LogP contribution in [0.2, 0.25) is 0 Å². The van der Waals surface area contributed by atoms with Crippen LogP contribution in [0, 0.1) is 0 Å². The Labute approximate surface area is 109 Å². The molecule has 1 atom stereocenters. The summed E-state index contributed by atoms with van der Waals surface area (Å²) in [4.78, 5) is 24.2. The van der Waals surface area contributed by atoms with E-state index in [1.807, 2.05) is 5.38 Å². The second-order valence-electron chi connectivity index (χ2n) is 4.56. The normalized spacial score (nSPS) is 22.4. The summed E-state index contributed by atoms with van der Waals surface area (Å²) in [7, 11) is 0. The zero-order valence-corrected chi connectivity index (χ0v) is 10.6. The molecule has 1 aromatic heterocycles. The third-order valence-electron chi connectivity index (χ3n) is 3.27. The van der Waals surface area contributed by atoms with Crippen LogP contribution in [0.3, 0.4) is 0 Å². The van der Waals surface area contributed by atoms with Gasteiger partial charge in [0.1, 0.15) is 0 Å². The van der Waals surface area contributed by atoms with E-state index in [0.717, 1.165) is 17.5 Å². The SMILES string of the molecule is O=C1Cc2c(csc2C(=O)NC2CCOC2)CN1. The Morgan fingerprint density at radius 3 is 3.22 bits per heavy atom. The Morgan fingerprint density at radius 2 is 2.44 bits per heavy atom. The number of amides is 2. The summed E-state index contributed by atoms with van der Waals surface area (Å²) in [6, 6.07) is 0.104. The van der Waals surface area contributed by atoms with Crippen molar-refractivity contribution >= 4 is 23.2 Å². The van der Waals surface area contributed by atoms with Crippen LogP contribution in [-0.2, 0) is 22.5 Å². The Hall–Kier alpha value is -1.40. The second kappa shape index (κ2) is 4.70. The van der Waals surface area contributed by atoms with Crippen molar-refractivity contribution < 1.29 is 14.3 Å². The number of hydrogen-bond donors (Lipinski definition) is 2. The third-order valence-corrected chi connectivity index (χ3v) is 4.34. The van der Waals surface area contributed by atoms with Crippen molar-refractivity contribution in [1.82, 2.24) is 10.6 Å². The topological polar surface area (TPSA) is 67.4 Å². The minimum atomic E-state index is -0.0774. The van der Waals surface area contributed by atoms with Crippen LogP contribution in [0.15, 0.2) is 5.38 Å². The molecule has 5 nitrogen and oxygen atoms in total. The highest BCUT2D eigenvalue weighted by molar-refractivity contribution is 7.12. The first-order valence-electron chi connectivity index (χ1n) is 5.98. The first-order chi connectivity index (χ1) is 8.74. The average molecular weight is 266 g/mol. The summed E-state index contributed by atoms with van der Waals surface area (Å²) in [6.07, 6.45) is 1.17. The number of ether oxygens (including phenoxy) is 1. The highest BCUT2D eigenvalue weighted by atomic mass is 32.1. The van der Waals surface area contributed by atoms with Gasteiger partial charge in [-0.05, 0) is 22.9 Å². The van der Waals surface area contributed by atoms with Crippen molar-refractivity contribution in [2.75, 3.05) is 13.2 Å². The van der Waals surface area contributed by atoms with Crippen LogP contribution in [-0.4, -0.2) is 31.1 Å². The van der Waals surface area contributed by atoms with Gasteiger partial charge in [0.15, 0.2) is 0 Å². The summed E-state index contributed by atoms with van der Waals surface area (Å²) in [5.41, 5.74) is 1.95. The molecule has 2 amide bonds. The minimum absolute atomic E-state index is 0.0147. The first kappa shape index (κ1) is 11.7. The number of carbonyl (C=O) groups is 2. The molecule has 18 heavy (non-hydrogen) atoms. The molecule has 1 saturated heterocycles. The number of rotatable bonds is 2. The van der Waals surface area contributed by atoms with Crippen molar-refractivity contribution in [3.8, 4) is 0 Å². The number of carbonyl (C=O) groups excluding carboxylic acids is 2. The van der Waals surface area contributed by atoms with E-state index in [1.54, 1.807) is 0 Å². The molecule has 3 heterocycles. The average Bonchev–Trinajstić information content (AvgIpc) is 2.97. The monoisotopic (exact) mass is 266 g/mol. The van der Waals surface area contributed by atoms with Gasteiger partial charge in [-0.15, -0.1) is 11.3 Å². The molecule has 2 aliphatic rings. The Bertz CT molecular complexity index is 492. The van der Waals surface area contributed by atoms with Crippen LogP contribution in [0.4, 0.5) is 0 Å². The van der Waals surface area contributed by atoms with Crippen LogP contribution in [0.25, 0.3) is 0 Å². The number of fused-ring (bicyclic) bond motifs is 1. The largest absolute Gasteiger partial charge is 0.379 e. The van der Waals surface area contributed by atoms with Crippen molar-refractivity contribution in [3.63, 3.8) is 0 Å². The van der Waals surface area contributed by atoms with Crippen molar-refractivity contribution in [2.24, 2.45) is 0 Å². The highest BCUT2D eigenvalue weighted by Gasteiger charge is 2.25. The molecule has 1 unspecified atom stereocenters. The Kier molecular flexibility index (Phi) is 3.05. The summed E-state index contributed by atoms with van der Waals surface area (Å²) >= 11 is 1.41. The van der Waals surface area contributed by atoms with Gasteiger partial charge < -0.3 is 15.4 Å². The van der Waals surface area contributed by atoms with Gasteiger partial charge in [-0.25, -0.2) is 0 Å². The smallest absolute Gasteiger partial charge is 0.261 e. The first-order valence-corrected chi connectivity index (χ1v) is 6.86. The Balaban J connectivity index is 1.77. The predicted octanol–water partition coefficient (Wildman–Crippen LogP) is 0.439. The predicted molar refractivity (Wildman–Crippen MR) is 66.6 cm³/mol. The fraction of sp³-hybridized carbons (Fsp3) is 0.500. The van der Waals surface area contributed by atoms with Crippen molar-refractivity contribution in [3.05, 3.63) is 21.4 Å². The summed E-state index contributed by atoms with van der Waals surface area (Å²) in [5, 5.41) is 7.69. The Morgan fingerprint density at radius 1 is 1.56 bits per heavy atom. The van der Waals surface area contributed by atoms with Gasteiger partial charge >= 0.3 is 0 Å². The molecular formula is C12H14N2O3S. The van der Waals surface area contributed by atoms with Gasteiger partial charge in [-0.2, -0.15) is 0 Å². The molecule has 1 aromatic rings. The number of hydrogen-bond acceptors (Lipinski definition) is 4. The molecule has 0 aliphatic carbocycles. The van der Waals surface area contributed by atoms with E-state index in [9.17, 15) is 9.59 Å². The van der Waals surface area contributed by atoms with Crippen LogP contribution >= 0.6 is 11.3 Å². The molecule has 3 rings (SSSR count). The van der Waals surface area contributed by atoms with Crippen LogP contribution in [0.1, 0.15) is 27.2 Å². The molecule has 96 valence electrons. The van der Waals surface area contributed by atoms with E-state index in [0.29, 0.717) is 31.1 Å². The highest BCUT2D eigenvalue weighted by Crippen LogP contribution is 2.26. The van der Waals surface area contributed by atoms with Crippen molar-refractivity contribution in [2.45, 2.75) is 25.4 Å². The lowest BCUT2D eigenvalue weighted by Gasteiger charge is -2.15. The number of nitrogens with one attached hydrogen (secondary N) is 2. The molecule has 6 heteroatoms. The molecule has 0 radical (unpaired) electrons. The zero-order valence-electron chi connectivity index (χ0n) is 9.82. The maximum atomic E-state index is 12.2. The van der Waals surface area contributed by atoms with E-state index in [-0.39, 0.29) is 17.9 Å². The second-order valence-corrected chi connectivity index (χ2v) is 5.44. The van der Waals surface area contributed by atoms with Crippen LogP contribution < -0.4 is 10.6 Å². The molecule has 0 aromatic carbocycles. The quantitative estimate of drug-likeness (QED) is 0.816. The lowest BCUT2D eigenvalue weighted by molar-refractivity contribution is -0.121. The molecule has 1 fully saturated rings. The molecular weight excluding hydrogens is 252 g/mol. The van der Waals surface area contributed by atoms with Gasteiger partial charge in [-0.1, -0.05) is 0 Å². The van der Waals surface area contributed by atoms with E-state index < -0.39 is 0 Å². The fourth-order valence-corrected chi connectivity index (χ4v) is 3.26. The molecule has 0 bridgehead atoms. The fourth-order valence-electron chi connectivity index (χ4n) is 2.27. The molecule has 2 aliphatic heterocycles. The third kappa shape index (κ3) is 2.13. The van der Waals surface area contributed by atoms with Gasteiger partial charge in [0.05, 0.1) is 23.9 Å². The van der Waals surface area contributed by atoms with E-state index in [1.165, 1.54) is 11.3 Å². The molecule has 0 saturated carbocycles. The summed E-state index contributed by atoms with van der Waals surface area (Å²) in [6.45, 7) is 1.82. The molecule has 2 N–H and O–H groups in total. The zero-order chi connectivity index (χ0) is 12.5. The molecule has 0 spiro atoms. The van der Waals surface area contributed by atoms with E-state index in [4.69, 9.17) is 4.74 Å². The van der Waals surface area contributed by atoms with Gasteiger partial charge in [0.25, 0.3) is 5.91 Å². The standard InChI is InChI=1S/C12H14N2O3S/c15-10-3-9-7(4-13-10)6-18-11(9)12(16)14-8-1-2-17-5-8/h6,8H,1-5H2,(H,13,15)(H,14,16). The van der Waals surface area contributed by atoms with E-state index in [2.05, 4.69) is 10.6 Å². The lowest BCUT2D eigenvalue weighted by Crippen LogP contribution is -2.36. The van der Waals surface area contributed by atoms with E-state index >= 15 is 0 Å². The maximum absolute atomic E-state index is 12.2. The minimum Gasteiger partial charge on any atom is -0.379 e. The summed E-state index contributed by atoms with van der Waals surface area (Å²) in [5.74, 6) is -0.0920. The van der Waals surface area contributed by atoms with Gasteiger partial charge in [0.2, 0.25) is 5.91 Å². The van der Waals surface area contributed by atoms with Gasteiger partial charge in [0, 0.05) is 13.2 Å². The summed E-state index contributed by atoms with van der Waals surface area (Å²) < 4.78 is 5.23.